The Hall–Kier alpha value is -2.84. The highest BCUT2D eigenvalue weighted by molar-refractivity contribution is 6.44. The SMILES string of the molecule is O=C(Nc1ccc(F)c(Cl)c1Cl)N1CCN2C(=O)N([C@H]3C[C@@H]3c3ccccc3)C(=O)C2C1. The summed E-state index contributed by atoms with van der Waals surface area (Å²) in [5.74, 6) is -0.818. The summed E-state index contributed by atoms with van der Waals surface area (Å²) in [4.78, 5) is 43.1. The largest absolute Gasteiger partial charge is 0.327 e. The number of fused-ring (bicyclic) bond motifs is 1. The van der Waals surface area contributed by atoms with Gasteiger partial charge in [-0.15, -0.1) is 0 Å². The number of benzene rings is 2. The van der Waals surface area contributed by atoms with Crippen molar-refractivity contribution >= 4 is 46.9 Å². The first-order valence-corrected chi connectivity index (χ1v) is 11.0. The van der Waals surface area contributed by atoms with Crippen LogP contribution in [0.5, 0.6) is 0 Å². The van der Waals surface area contributed by atoms with E-state index in [0.717, 1.165) is 18.1 Å². The molecule has 1 aliphatic carbocycles. The lowest BCUT2D eigenvalue weighted by Gasteiger charge is -2.35. The average Bonchev–Trinajstić information content (AvgIpc) is 3.55. The van der Waals surface area contributed by atoms with Crippen LogP contribution in [0.2, 0.25) is 10.0 Å². The monoisotopic (exact) mass is 476 g/mol. The van der Waals surface area contributed by atoms with Crippen molar-refractivity contribution in [1.29, 1.82) is 0 Å². The Bertz CT molecular complexity index is 1120. The summed E-state index contributed by atoms with van der Waals surface area (Å²) >= 11 is 11.8. The molecule has 3 aliphatic rings. The standard InChI is InChI=1S/C22H19Cl2FN4O3/c23-18-14(25)6-7-15(19(18)24)26-21(31)27-8-9-28-17(11-27)20(30)29(22(28)32)16-10-13(16)12-4-2-1-3-5-12/h1-7,13,16-17H,8-11H2,(H,26,31)/t13-,16+,17?/m1/s1. The molecule has 1 saturated carbocycles. The number of hydrogen-bond acceptors (Lipinski definition) is 3. The highest BCUT2D eigenvalue weighted by Crippen LogP contribution is 2.47. The van der Waals surface area contributed by atoms with E-state index in [1.807, 2.05) is 30.3 Å². The van der Waals surface area contributed by atoms with E-state index in [-0.39, 0.29) is 59.3 Å². The zero-order valence-corrected chi connectivity index (χ0v) is 18.3. The van der Waals surface area contributed by atoms with Gasteiger partial charge in [0.2, 0.25) is 0 Å². The summed E-state index contributed by atoms with van der Waals surface area (Å²) in [5.41, 5.74) is 1.28. The second-order valence-corrected chi connectivity index (χ2v) is 8.88. The summed E-state index contributed by atoms with van der Waals surface area (Å²) < 4.78 is 13.5. The van der Waals surface area contributed by atoms with Crippen LogP contribution in [0, 0.1) is 5.82 Å². The fraction of sp³-hybridized carbons (Fsp3) is 0.318. The van der Waals surface area contributed by atoms with Gasteiger partial charge in [0.1, 0.15) is 11.9 Å². The zero-order chi connectivity index (χ0) is 22.6. The average molecular weight is 477 g/mol. The van der Waals surface area contributed by atoms with Crippen LogP contribution < -0.4 is 5.32 Å². The molecule has 7 nitrogen and oxygen atoms in total. The number of carbonyl (C=O) groups excluding carboxylic acids is 3. The van der Waals surface area contributed by atoms with E-state index in [9.17, 15) is 18.8 Å². The zero-order valence-electron chi connectivity index (χ0n) is 16.8. The van der Waals surface area contributed by atoms with E-state index in [2.05, 4.69) is 5.32 Å². The Morgan fingerprint density at radius 3 is 2.53 bits per heavy atom. The highest BCUT2D eigenvalue weighted by Gasteiger charge is 2.56. The predicted molar refractivity (Wildman–Crippen MR) is 117 cm³/mol. The fourth-order valence-corrected chi connectivity index (χ4v) is 4.81. The molecule has 2 aromatic carbocycles. The normalized spacial score (nSPS) is 24.6. The van der Waals surface area contributed by atoms with Crippen molar-refractivity contribution in [3.05, 3.63) is 63.9 Å². The molecule has 5 amide bonds. The first-order chi connectivity index (χ1) is 15.4. The van der Waals surface area contributed by atoms with Crippen LogP contribution in [-0.2, 0) is 4.79 Å². The maximum absolute atomic E-state index is 13.5. The summed E-state index contributed by atoms with van der Waals surface area (Å²) in [6, 6.07) is 10.6. The Morgan fingerprint density at radius 2 is 1.78 bits per heavy atom. The Balaban J connectivity index is 1.27. The van der Waals surface area contributed by atoms with Crippen molar-refractivity contribution in [1.82, 2.24) is 14.7 Å². The van der Waals surface area contributed by atoms with E-state index in [0.29, 0.717) is 0 Å². The molecule has 0 radical (unpaired) electrons. The van der Waals surface area contributed by atoms with Crippen LogP contribution in [0.1, 0.15) is 17.9 Å². The molecule has 3 atom stereocenters. The summed E-state index contributed by atoms with van der Waals surface area (Å²) in [7, 11) is 0. The van der Waals surface area contributed by atoms with Crippen LogP contribution in [0.4, 0.5) is 19.7 Å². The molecule has 2 aliphatic heterocycles. The Morgan fingerprint density at radius 1 is 1.03 bits per heavy atom. The molecule has 1 N–H and O–H groups in total. The number of hydrogen-bond donors (Lipinski definition) is 1. The molecule has 0 bridgehead atoms. The highest BCUT2D eigenvalue weighted by atomic mass is 35.5. The minimum atomic E-state index is -0.716. The van der Waals surface area contributed by atoms with E-state index >= 15 is 0 Å². The maximum Gasteiger partial charge on any atom is 0.327 e. The molecular weight excluding hydrogens is 458 g/mol. The molecule has 166 valence electrons. The topological polar surface area (TPSA) is 73.0 Å². The lowest BCUT2D eigenvalue weighted by molar-refractivity contribution is -0.129. The van der Waals surface area contributed by atoms with Crippen molar-refractivity contribution in [2.45, 2.75) is 24.4 Å². The third-order valence-corrected chi connectivity index (χ3v) is 7.09. The van der Waals surface area contributed by atoms with Gasteiger partial charge in [0.15, 0.2) is 0 Å². The summed E-state index contributed by atoms with van der Waals surface area (Å²) in [5, 5.41) is 2.23. The number of nitrogens with one attached hydrogen (secondary N) is 1. The quantitative estimate of drug-likeness (QED) is 0.533. The fourth-order valence-electron chi connectivity index (χ4n) is 4.45. The second-order valence-electron chi connectivity index (χ2n) is 8.12. The molecule has 32 heavy (non-hydrogen) atoms. The molecule has 3 fully saturated rings. The van der Waals surface area contributed by atoms with Crippen LogP contribution in [0.3, 0.4) is 0 Å². The first-order valence-electron chi connectivity index (χ1n) is 10.2. The molecule has 5 rings (SSSR count). The molecule has 1 unspecified atom stereocenters. The molecule has 2 aromatic rings. The third kappa shape index (κ3) is 3.47. The number of piperazine rings is 1. The van der Waals surface area contributed by atoms with Crippen molar-refractivity contribution in [3.8, 4) is 0 Å². The van der Waals surface area contributed by atoms with Gasteiger partial charge in [0, 0.05) is 25.0 Å². The van der Waals surface area contributed by atoms with Crippen molar-refractivity contribution in [2.75, 3.05) is 25.0 Å². The van der Waals surface area contributed by atoms with E-state index in [1.54, 1.807) is 0 Å². The van der Waals surface area contributed by atoms with E-state index < -0.39 is 17.9 Å². The predicted octanol–water partition coefficient (Wildman–Crippen LogP) is 4.17. The minimum Gasteiger partial charge on any atom is -0.320 e. The molecule has 0 aromatic heterocycles. The van der Waals surface area contributed by atoms with Gasteiger partial charge in [-0.05, 0) is 24.1 Å². The molecule has 10 heteroatoms. The minimum absolute atomic E-state index is 0.0716. The van der Waals surface area contributed by atoms with Gasteiger partial charge >= 0.3 is 12.1 Å². The number of rotatable bonds is 3. The molecular formula is C22H19Cl2FN4O3. The number of imide groups is 1. The van der Waals surface area contributed by atoms with Crippen LogP contribution in [0.25, 0.3) is 0 Å². The van der Waals surface area contributed by atoms with E-state index in [1.165, 1.54) is 20.8 Å². The number of urea groups is 2. The van der Waals surface area contributed by atoms with Crippen molar-refractivity contribution in [3.63, 3.8) is 0 Å². The number of carbonyl (C=O) groups is 3. The first kappa shape index (κ1) is 21.0. The molecule has 0 spiro atoms. The van der Waals surface area contributed by atoms with Gasteiger partial charge in [-0.3, -0.25) is 9.69 Å². The van der Waals surface area contributed by atoms with Crippen molar-refractivity contribution < 1.29 is 18.8 Å². The lowest BCUT2D eigenvalue weighted by atomic mass is 10.1. The lowest BCUT2D eigenvalue weighted by Crippen LogP contribution is -2.55. The number of anilines is 1. The van der Waals surface area contributed by atoms with Crippen LogP contribution in [0.15, 0.2) is 42.5 Å². The van der Waals surface area contributed by atoms with Gasteiger partial charge in [0.05, 0.1) is 22.3 Å². The maximum atomic E-state index is 13.5. The number of amides is 5. The van der Waals surface area contributed by atoms with Gasteiger partial charge in [-0.25, -0.2) is 14.0 Å². The van der Waals surface area contributed by atoms with Gasteiger partial charge < -0.3 is 15.1 Å². The third-order valence-electron chi connectivity index (χ3n) is 6.23. The van der Waals surface area contributed by atoms with Crippen LogP contribution in [-0.4, -0.2) is 64.4 Å². The van der Waals surface area contributed by atoms with Crippen molar-refractivity contribution in [2.24, 2.45) is 0 Å². The van der Waals surface area contributed by atoms with Gasteiger partial charge in [-0.2, -0.15) is 0 Å². The smallest absolute Gasteiger partial charge is 0.320 e. The molecule has 2 heterocycles. The number of halogens is 3. The van der Waals surface area contributed by atoms with Gasteiger partial charge in [0.25, 0.3) is 5.91 Å². The Labute approximate surface area is 193 Å². The summed E-state index contributed by atoms with van der Waals surface area (Å²) in [6.45, 7) is 0.580. The second kappa shape index (κ2) is 7.94. The van der Waals surface area contributed by atoms with E-state index in [4.69, 9.17) is 23.2 Å². The van der Waals surface area contributed by atoms with Gasteiger partial charge in [-0.1, -0.05) is 53.5 Å². The summed E-state index contributed by atoms with van der Waals surface area (Å²) in [6.07, 6.45) is 0.746. The molecule has 2 saturated heterocycles. The van der Waals surface area contributed by atoms with Crippen LogP contribution >= 0.6 is 23.2 Å². The Kier molecular flexibility index (Phi) is 5.22. The number of nitrogens with zero attached hydrogens (tertiary/aromatic N) is 3.